The van der Waals surface area contributed by atoms with E-state index in [1.807, 2.05) is 0 Å². The number of fused-ring (bicyclic) bond motifs is 1. The van der Waals surface area contributed by atoms with E-state index in [9.17, 15) is 9.59 Å². The van der Waals surface area contributed by atoms with Crippen molar-refractivity contribution in [2.24, 2.45) is 7.05 Å². The second kappa shape index (κ2) is 3.53. The minimum absolute atomic E-state index is 0.0496. The first-order valence-electron chi connectivity index (χ1n) is 4.15. The highest BCUT2D eigenvalue weighted by Gasteiger charge is 2.12. The number of carboxylic acid groups (broad SMARTS) is 1. The van der Waals surface area contributed by atoms with Gasteiger partial charge in [-0.05, 0) is 17.7 Å². The lowest BCUT2D eigenvalue weighted by atomic mass is 10.4. The Labute approximate surface area is 93.4 Å². The molecule has 0 unspecified atom stereocenters. The third-order valence-corrected chi connectivity index (χ3v) is 2.35. The lowest BCUT2D eigenvalue weighted by Gasteiger charge is -2.03. The highest BCUT2D eigenvalue weighted by Crippen LogP contribution is 2.11. The molecule has 2 aromatic heterocycles. The van der Waals surface area contributed by atoms with Crippen LogP contribution in [0, 0.1) is 0 Å². The minimum Gasteiger partial charge on any atom is -0.448 e. The summed E-state index contributed by atoms with van der Waals surface area (Å²) in [4.78, 5) is 30.3. The molecule has 8 heteroatoms. The van der Waals surface area contributed by atoms with E-state index in [2.05, 4.69) is 9.82 Å². The van der Waals surface area contributed by atoms with Crippen LogP contribution in [0.5, 0.6) is 0 Å². The number of hydrogen-bond acceptors (Lipinski definition) is 4. The molecule has 2 rings (SSSR count). The first kappa shape index (κ1) is 10.5. The number of aromatic nitrogens is 3. The normalized spacial score (nSPS) is 10.6. The van der Waals surface area contributed by atoms with Crippen molar-refractivity contribution in [3.8, 4) is 0 Å². The Morgan fingerprint density at radius 2 is 2.31 bits per heavy atom. The molecule has 0 saturated heterocycles. The lowest BCUT2D eigenvalue weighted by Crippen LogP contribution is -2.21. The zero-order valence-electron chi connectivity index (χ0n) is 8.05. The first-order chi connectivity index (χ1) is 7.50. The molecule has 0 aliphatic heterocycles. The third kappa shape index (κ3) is 1.50. The van der Waals surface area contributed by atoms with Gasteiger partial charge in [0.15, 0.2) is 5.65 Å². The van der Waals surface area contributed by atoms with Gasteiger partial charge in [0.05, 0.1) is 5.39 Å². The average Bonchev–Trinajstić information content (AvgIpc) is 2.58. The maximum Gasteiger partial charge on any atom is 0.531 e. The molecule has 0 bridgehead atoms. The van der Waals surface area contributed by atoms with Crippen LogP contribution in [0.2, 0.25) is 5.28 Å². The zero-order chi connectivity index (χ0) is 11.9. The summed E-state index contributed by atoms with van der Waals surface area (Å²) in [6, 6.07) is 1.41. The highest BCUT2D eigenvalue weighted by atomic mass is 35.5. The smallest absolute Gasteiger partial charge is 0.448 e. The summed E-state index contributed by atoms with van der Waals surface area (Å²) in [5.74, 6) is 0. The quantitative estimate of drug-likeness (QED) is 0.737. The summed E-state index contributed by atoms with van der Waals surface area (Å²) in [6.07, 6.45) is -0.222. The summed E-state index contributed by atoms with van der Waals surface area (Å²) in [7, 11) is 1.46. The molecule has 84 valence electrons. The van der Waals surface area contributed by atoms with E-state index in [0.717, 1.165) is 9.30 Å². The van der Waals surface area contributed by atoms with Gasteiger partial charge in [0.25, 0.3) is 5.56 Å². The Morgan fingerprint density at radius 1 is 1.62 bits per heavy atom. The summed E-state index contributed by atoms with van der Waals surface area (Å²) in [5.41, 5.74) is -0.307. The van der Waals surface area contributed by atoms with Crippen LogP contribution >= 0.6 is 11.6 Å². The fourth-order valence-corrected chi connectivity index (χ4v) is 1.42. The van der Waals surface area contributed by atoms with Crippen LogP contribution in [-0.2, 0) is 7.05 Å². The van der Waals surface area contributed by atoms with E-state index < -0.39 is 6.16 Å². The molecule has 2 aromatic rings. The fraction of sp³-hybridized carbons (Fsp3) is 0.125. The van der Waals surface area contributed by atoms with E-state index >= 15 is 0 Å². The van der Waals surface area contributed by atoms with Crippen LogP contribution in [0.3, 0.4) is 0 Å². The van der Waals surface area contributed by atoms with Gasteiger partial charge >= 0.3 is 6.16 Å². The Bertz CT molecular complexity index is 630. The molecular weight excluding hydrogens is 238 g/mol. The maximum absolute atomic E-state index is 11.7. The van der Waals surface area contributed by atoms with E-state index in [0.29, 0.717) is 0 Å². The molecule has 0 aliphatic carbocycles. The van der Waals surface area contributed by atoms with Gasteiger partial charge in [-0.25, -0.2) is 4.79 Å². The maximum atomic E-state index is 11.7. The van der Waals surface area contributed by atoms with Crippen molar-refractivity contribution >= 4 is 28.8 Å². The van der Waals surface area contributed by atoms with Gasteiger partial charge in [0, 0.05) is 13.2 Å². The number of rotatable bonds is 1. The minimum atomic E-state index is -1.50. The standard InChI is InChI=1S/C8H6ClN3O4/c1-11-6(13)4-2-3-12(16-8(14)15)5(4)10-7(11)9/h2-3H,1H3,(H,14,15). The van der Waals surface area contributed by atoms with Crippen LogP contribution in [0.15, 0.2) is 17.1 Å². The largest absolute Gasteiger partial charge is 0.531 e. The molecule has 0 amide bonds. The predicted molar refractivity (Wildman–Crippen MR) is 54.6 cm³/mol. The van der Waals surface area contributed by atoms with Gasteiger partial charge in [-0.2, -0.15) is 9.71 Å². The second-order valence-corrected chi connectivity index (χ2v) is 3.32. The van der Waals surface area contributed by atoms with Crippen molar-refractivity contribution in [3.05, 3.63) is 27.9 Å². The number of hydrogen-bond donors (Lipinski definition) is 1. The highest BCUT2D eigenvalue weighted by molar-refractivity contribution is 6.28. The van der Waals surface area contributed by atoms with Crippen LogP contribution in [0.25, 0.3) is 11.0 Å². The van der Waals surface area contributed by atoms with E-state index in [1.165, 1.54) is 19.3 Å². The van der Waals surface area contributed by atoms with Crippen molar-refractivity contribution in [2.75, 3.05) is 0 Å². The van der Waals surface area contributed by atoms with Gasteiger partial charge in [-0.15, -0.1) is 0 Å². The molecule has 0 radical (unpaired) electrons. The molecule has 0 atom stereocenters. The molecule has 0 spiro atoms. The molecule has 2 heterocycles. The van der Waals surface area contributed by atoms with E-state index in [-0.39, 0.29) is 21.9 Å². The summed E-state index contributed by atoms with van der Waals surface area (Å²) < 4.78 is 2.01. The molecule has 0 fully saturated rings. The second-order valence-electron chi connectivity index (χ2n) is 2.98. The summed E-state index contributed by atoms with van der Waals surface area (Å²) >= 11 is 5.69. The van der Waals surface area contributed by atoms with Gasteiger partial charge in [-0.1, -0.05) is 0 Å². The summed E-state index contributed by atoms with van der Waals surface area (Å²) in [6.45, 7) is 0. The van der Waals surface area contributed by atoms with Crippen molar-refractivity contribution in [1.29, 1.82) is 0 Å². The number of carbonyl (C=O) groups is 1. The molecule has 0 saturated carbocycles. The SMILES string of the molecule is Cn1c(Cl)nc2c(ccn2OC(=O)O)c1=O. The average molecular weight is 244 g/mol. The van der Waals surface area contributed by atoms with Crippen molar-refractivity contribution in [1.82, 2.24) is 14.3 Å². The first-order valence-corrected chi connectivity index (χ1v) is 4.53. The zero-order valence-corrected chi connectivity index (χ0v) is 8.80. The van der Waals surface area contributed by atoms with Crippen molar-refractivity contribution in [2.45, 2.75) is 0 Å². The van der Waals surface area contributed by atoms with Gasteiger partial charge in [0.2, 0.25) is 5.28 Å². The summed E-state index contributed by atoms with van der Waals surface area (Å²) in [5, 5.41) is 8.63. The molecule has 0 aromatic carbocycles. The van der Waals surface area contributed by atoms with Crippen LogP contribution in [-0.4, -0.2) is 25.5 Å². The van der Waals surface area contributed by atoms with E-state index in [1.54, 1.807) is 0 Å². The third-order valence-electron chi connectivity index (χ3n) is 2.01. The van der Waals surface area contributed by atoms with Crippen LogP contribution in [0.4, 0.5) is 4.79 Å². The van der Waals surface area contributed by atoms with Gasteiger partial charge < -0.3 is 5.11 Å². The molecule has 0 aliphatic rings. The van der Waals surface area contributed by atoms with Crippen LogP contribution < -0.4 is 10.4 Å². The van der Waals surface area contributed by atoms with Crippen molar-refractivity contribution in [3.63, 3.8) is 0 Å². The molecule has 16 heavy (non-hydrogen) atoms. The molecular formula is C8H6ClN3O4. The Hall–Kier alpha value is -2.02. The van der Waals surface area contributed by atoms with Crippen molar-refractivity contribution < 1.29 is 14.7 Å². The lowest BCUT2D eigenvalue weighted by molar-refractivity contribution is 0.0856. The Morgan fingerprint density at radius 3 is 2.94 bits per heavy atom. The number of halogens is 1. The molecule has 1 N–H and O–H groups in total. The fourth-order valence-electron chi connectivity index (χ4n) is 1.27. The van der Waals surface area contributed by atoms with E-state index in [4.69, 9.17) is 16.7 Å². The molecule has 7 nitrogen and oxygen atoms in total. The monoisotopic (exact) mass is 243 g/mol. The van der Waals surface area contributed by atoms with Gasteiger partial charge in [0.1, 0.15) is 0 Å². The van der Waals surface area contributed by atoms with Gasteiger partial charge in [-0.3, -0.25) is 14.2 Å². The Balaban J connectivity index is 2.74. The number of nitrogens with zero attached hydrogens (tertiary/aromatic N) is 3. The topological polar surface area (TPSA) is 86.3 Å². The predicted octanol–water partition coefficient (Wildman–Crippen LogP) is 0.495. The van der Waals surface area contributed by atoms with Crippen LogP contribution in [0.1, 0.15) is 0 Å². The Kier molecular flexibility index (Phi) is 2.31.